The topological polar surface area (TPSA) is 71.9 Å². The van der Waals surface area contributed by atoms with Crippen LogP contribution in [-0.2, 0) is 0 Å². The maximum absolute atomic E-state index is 12.7. The predicted octanol–water partition coefficient (Wildman–Crippen LogP) is 3.61. The molecule has 0 unspecified atom stereocenters. The smallest absolute Gasteiger partial charge is 0.274 e. The fourth-order valence-electron chi connectivity index (χ4n) is 3.34. The number of benzene rings is 1. The molecule has 0 bridgehead atoms. The third-order valence-electron chi connectivity index (χ3n) is 4.68. The van der Waals surface area contributed by atoms with Crippen LogP contribution in [0.2, 0.25) is 5.02 Å². The van der Waals surface area contributed by atoms with E-state index in [4.69, 9.17) is 16.6 Å². The SMILES string of the molecule is O=C(c1cnccn1)N1CCC[C@H](c2cncc(-c3cccc(Cl)c3)n2)C1. The van der Waals surface area contributed by atoms with Crippen LogP contribution in [0.15, 0.2) is 55.2 Å². The number of carbonyl (C=O) groups excluding carboxylic acids is 1. The average molecular weight is 380 g/mol. The minimum Gasteiger partial charge on any atom is -0.337 e. The summed E-state index contributed by atoms with van der Waals surface area (Å²) in [6.45, 7) is 1.32. The van der Waals surface area contributed by atoms with Crippen molar-refractivity contribution in [2.45, 2.75) is 18.8 Å². The molecule has 7 heteroatoms. The van der Waals surface area contributed by atoms with Gasteiger partial charge < -0.3 is 4.90 Å². The lowest BCUT2D eigenvalue weighted by molar-refractivity contribution is 0.0699. The quantitative estimate of drug-likeness (QED) is 0.695. The number of piperidine rings is 1. The zero-order valence-corrected chi connectivity index (χ0v) is 15.4. The third kappa shape index (κ3) is 3.95. The Hall–Kier alpha value is -2.86. The Morgan fingerprint density at radius 3 is 2.89 bits per heavy atom. The van der Waals surface area contributed by atoms with E-state index in [1.807, 2.05) is 29.2 Å². The van der Waals surface area contributed by atoms with Crippen molar-refractivity contribution in [3.05, 3.63) is 71.7 Å². The highest BCUT2D eigenvalue weighted by atomic mass is 35.5. The summed E-state index contributed by atoms with van der Waals surface area (Å²) in [5.74, 6) is 0.0535. The predicted molar refractivity (Wildman–Crippen MR) is 102 cm³/mol. The Balaban J connectivity index is 1.55. The van der Waals surface area contributed by atoms with Gasteiger partial charge in [0.1, 0.15) is 5.69 Å². The summed E-state index contributed by atoms with van der Waals surface area (Å²) in [5, 5.41) is 0.665. The number of hydrogen-bond acceptors (Lipinski definition) is 5. The molecule has 136 valence electrons. The molecule has 1 fully saturated rings. The summed E-state index contributed by atoms with van der Waals surface area (Å²) < 4.78 is 0. The van der Waals surface area contributed by atoms with E-state index in [-0.39, 0.29) is 11.8 Å². The zero-order valence-electron chi connectivity index (χ0n) is 14.6. The number of nitrogens with zero attached hydrogens (tertiary/aromatic N) is 5. The Morgan fingerprint density at radius 1 is 1.15 bits per heavy atom. The average Bonchev–Trinajstić information content (AvgIpc) is 2.74. The first-order valence-electron chi connectivity index (χ1n) is 8.84. The van der Waals surface area contributed by atoms with Gasteiger partial charge >= 0.3 is 0 Å². The number of carbonyl (C=O) groups is 1. The zero-order chi connectivity index (χ0) is 18.6. The van der Waals surface area contributed by atoms with E-state index in [1.54, 1.807) is 18.6 Å². The Kier molecular flexibility index (Phi) is 5.07. The van der Waals surface area contributed by atoms with Crippen molar-refractivity contribution in [1.29, 1.82) is 0 Å². The molecule has 27 heavy (non-hydrogen) atoms. The molecule has 1 amide bonds. The van der Waals surface area contributed by atoms with E-state index >= 15 is 0 Å². The van der Waals surface area contributed by atoms with Gasteiger partial charge in [-0.25, -0.2) is 9.97 Å². The largest absolute Gasteiger partial charge is 0.337 e. The van der Waals surface area contributed by atoms with Gasteiger partial charge in [-0.15, -0.1) is 0 Å². The van der Waals surface area contributed by atoms with E-state index in [9.17, 15) is 4.79 Å². The molecular weight excluding hydrogens is 362 g/mol. The molecule has 1 saturated heterocycles. The van der Waals surface area contributed by atoms with Gasteiger partial charge in [0.15, 0.2) is 0 Å². The molecule has 0 aliphatic carbocycles. The minimum absolute atomic E-state index is 0.0910. The van der Waals surface area contributed by atoms with Crippen LogP contribution < -0.4 is 0 Å². The van der Waals surface area contributed by atoms with Crippen LogP contribution in [-0.4, -0.2) is 43.8 Å². The van der Waals surface area contributed by atoms with Crippen LogP contribution in [0.4, 0.5) is 0 Å². The molecule has 1 aliphatic heterocycles. The molecule has 1 aromatic carbocycles. The Bertz CT molecular complexity index is 950. The standard InChI is InChI=1S/C20H18ClN5O/c21-16-5-1-3-14(9-16)17-10-23-11-18(25-17)15-4-2-8-26(13-15)20(27)19-12-22-6-7-24-19/h1,3,5-7,9-12,15H,2,4,8,13H2/t15-/m0/s1. The van der Waals surface area contributed by atoms with Gasteiger partial charge in [0.05, 0.1) is 23.8 Å². The van der Waals surface area contributed by atoms with Crippen molar-refractivity contribution >= 4 is 17.5 Å². The molecule has 3 heterocycles. The summed E-state index contributed by atoms with van der Waals surface area (Å²) in [6, 6.07) is 7.57. The van der Waals surface area contributed by atoms with Crippen LogP contribution in [0.25, 0.3) is 11.3 Å². The number of rotatable bonds is 3. The van der Waals surface area contributed by atoms with Crippen molar-refractivity contribution in [2.24, 2.45) is 0 Å². The molecule has 1 atom stereocenters. The summed E-state index contributed by atoms with van der Waals surface area (Å²) in [5.41, 5.74) is 2.98. The van der Waals surface area contributed by atoms with E-state index in [2.05, 4.69) is 15.0 Å². The van der Waals surface area contributed by atoms with Gasteiger partial charge in [-0.05, 0) is 25.0 Å². The van der Waals surface area contributed by atoms with E-state index < -0.39 is 0 Å². The Labute approximate surface area is 162 Å². The third-order valence-corrected chi connectivity index (χ3v) is 4.92. The molecule has 6 nitrogen and oxygen atoms in total. The lowest BCUT2D eigenvalue weighted by Crippen LogP contribution is -2.39. The fourth-order valence-corrected chi connectivity index (χ4v) is 3.53. The summed E-state index contributed by atoms with van der Waals surface area (Å²) in [7, 11) is 0. The number of aromatic nitrogens is 4. The van der Waals surface area contributed by atoms with Crippen LogP contribution in [0.3, 0.4) is 0 Å². The van der Waals surface area contributed by atoms with Crippen molar-refractivity contribution in [3.63, 3.8) is 0 Å². The van der Waals surface area contributed by atoms with Gasteiger partial charge in [0.25, 0.3) is 5.91 Å². The normalized spacial score (nSPS) is 16.9. The van der Waals surface area contributed by atoms with E-state index in [0.29, 0.717) is 23.8 Å². The number of amides is 1. The maximum Gasteiger partial charge on any atom is 0.274 e. The first kappa shape index (κ1) is 17.5. The number of likely N-dealkylation sites (tertiary alicyclic amines) is 1. The monoisotopic (exact) mass is 379 g/mol. The van der Waals surface area contributed by atoms with E-state index in [1.165, 1.54) is 12.4 Å². The second-order valence-electron chi connectivity index (χ2n) is 6.52. The molecule has 0 N–H and O–H groups in total. The molecule has 2 aromatic heterocycles. The molecule has 3 aromatic rings. The van der Waals surface area contributed by atoms with Crippen molar-refractivity contribution in [1.82, 2.24) is 24.8 Å². The fraction of sp³-hybridized carbons (Fsp3) is 0.250. The first-order valence-corrected chi connectivity index (χ1v) is 9.21. The summed E-state index contributed by atoms with van der Waals surface area (Å²) in [6.07, 6.45) is 10.0. The highest BCUT2D eigenvalue weighted by molar-refractivity contribution is 6.30. The van der Waals surface area contributed by atoms with Gasteiger partial charge in [0.2, 0.25) is 0 Å². The van der Waals surface area contributed by atoms with Crippen LogP contribution in [0.5, 0.6) is 0 Å². The van der Waals surface area contributed by atoms with Crippen molar-refractivity contribution < 1.29 is 4.79 Å². The summed E-state index contributed by atoms with van der Waals surface area (Å²) in [4.78, 5) is 31.8. The molecular formula is C20H18ClN5O. The highest BCUT2D eigenvalue weighted by Gasteiger charge is 2.27. The van der Waals surface area contributed by atoms with Gasteiger partial charge in [-0.3, -0.25) is 14.8 Å². The van der Waals surface area contributed by atoms with Gasteiger partial charge in [-0.2, -0.15) is 0 Å². The second-order valence-corrected chi connectivity index (χ2v) is 6.96. The van der Waals surface area contributed by atoms with Crippen LogP contribution in [0.1, 0.15) is 34.9 Å². The minimum atomic E-state index is -0.0910. The molecule has 0 radical (unpaired) electrons. The van der Waals surface area contributed by atoms with Gasteiger partial charge in [-0.1, -0.05) is 23.7 Å². The summed E-state index contributed by atoms with van der Waals surface area (Å²) >= 11 is 6.09. The Morgan fingerprint density at radius 2 is 2.07 bits per heavy atom. The van der Waals surface area contributed by atoms with Crippen LogP contribution >= 0.6 is 11.6 Å². The van der Waals surface area contributed by atoms with Gasteiger partial charge in [0, 0.05) is 48.2 Å². The van der Waals surface area contributed by atoms with Crippen molar-refractivity contribution in [2.75, 3.05) is 13.1 Å². The number of hydrogen-bond donors (Lipinski definition) is 0. The second kappa shape index (κ2) is 7.80. The lowest BCUT2D eigenvalue weighted by atomic mass is 9.94. The first-order chi connectivity index (χ1) is 13.2. The lowest BCUT2D eigenvalue weighted by Gasteiger charge is -2.32. The van der Waals surface area contributed by atoms with Crippen LogP contribution in [0, 0.1) is 0 Å². The van der Waals surface area contributed by atoms with E-state index in [0.717, 1.165) is 29.8 Å². The number of halogens is 1. The van der Waals surface area contributed by atoms with Crippen molar-refractivity contribution in [3.8, 4) is 11.3 Å². The molecule has 0 spiro atoms. The molecule has 4 rings (SSSR count). The maximum atomic E-state index is 12.7. The molecule has 1 aliphatic rings. The molecule has 0 saturated carbocycles. The highest BCUT2D eigenvalue weighted by Crippen LogP contribution is 2.28.